The van der Waals surface area contributed by atoms with Crippen LogP contribution in [0.25, 0.3) is 0 Å². The molecule has 4 nitrogen and oxygen atoms in total. The average molecular weight is 269 g/mol. The molecule has 0 radical (unpaired) electrons. The van der Waals surface area contributed by atoms with Gasteiger partial charge in [-0.05, 0) is 43.2 Å². The van der Waals surface area contributed by atoms with Crippen molar-refractivity contribution in [3.05, 3.63) is 59.4 Å². The van der Waals surface area contributed by atoms with Crippen LogP contribution in [0.3, 0.4) is 0 Å². The molecule has 0 fully saturated rings. The van der Waals surface area contributed by atoms with E-state index >= 15 is 0 Å². The van der Waals surface area contributed by atoms with Crippen molar-refractivity contribution in [3.63, 3.8) is 0 Å². The van der Waals surface area contributed by atoms with E-state index in [1.165, 1.54) is 0 Å². The molecule has 1 amide bonds. The van der Waals surface area contributed by atoms with Crippen LogP contribution in [-0.2, 0) is 6.54 Å². The summed E-state index contributed by atoms with van der Waals surface area (Å²) in [6.07, 6.45) is 3.47. The number of hydrogen-bond donors (Lipinski definition) is 2. The fourth-order valence-electron chi connectivity index (χ4n) is 1.97. The van der Waals surface area contributed by atoms with Crippen molar-refractivity contribution >= 4 is 11.6 Å². The molecule has 2 N–H and O–H groups in total. The van der Waals surface area contributed by atoms with Gasteiger partial charge in [0.1, 0.15) is 0 Å². The van der Waals surface area contributed by atoms with E-state index in [1.54, 1.807) is 12.4 Å². The molecule has 0 unspecified atom stereocenters. The first kappa shape index (κ1) is 14.1. The molecule has 0 aliphatic heterocycles. The number of hydrogen-bond acceptors (Lipinski definition) is 3. The predicted octanol–water partition coefficient (Wildman–Crippen LogP) is 2.75. The van der Waals surface area contributed by atoms with E-state index in [0.29, 0.717) is 12.1 Å². The summed E-state index contributed by atoms with van der Waals surface area (Å²) in [6.45, 7) is 5.29. The highest BCUT2D eigenvalue weighted by atomic mass is 16.1. The highest BCUT2D eigenvalue weighted by molar-refractivity contribution is 5.99. The summed E-state index contributed by atoms with van der Waals surface area (Å²) < 4.78 is 0. The van der Waals surface area contributed by atoms with Gasteiger partial charge in [-0.1, -0.05) is 12.1 Å². The Hall–Kier alpha value is -2.36. The minimum atomic E-state index is -0.0789. The molecule has 2 rings (SSSR count). The third-order valence-corrected chi connectivity index (χ3v) is 2.96. The van der Waals surface area contributed by atoms with Gasteiger partial charge in [-0.25, -0.2) is 0 Å². The minimum absolute atomic E-state index is 0.0789. The lowest BCUT2D eigenvalue weighted by molar-refractivity contribution is 0.0951. The van der Waals surface area contributed by atoms with Gasteiger partial charge in [0, 0.05) is 31.2 Å². The molecule has 0 atom stereocenters. The van der Waals surface area contributed by atoms with Gasteiger partial charge in [0.2, 0.25) is 0 Å². The summed E-state index contributed by atoms with van der Waals surface area (Å²) in [7, 11) is 0. The Balaban J connectivity index is 2.09. The lowest BCUT2D eigenvalue weighted by Crippen LogP contribution is -2.24. The van der Waals surface area contributed by atoms with Crippen molar-refractivity contribution in [2.45, 2.75) is 20.4 Å². The molecule has 4 heteroatoms. The Labute approximate surface area is 119 Å². The maximum Gasteiger partial charge on any atom is 0.253 e. The Morgan fingerprint density at radius 2 is 2.15 bits per heavy atom. The van der Waals surface area contributed by atoms with Gasteiger partial charge in [-0.15, -0.1) is 0 Å². The summed E-state index contributed by atoms with van der Waals surface area (Å²) >= 11 is 0. The summed E-state index contributed by atoms with van der Waals surface area (Å²) in [4.78, 5) is 16.3. The highest BCUT2D eigenvalue weighted by Crippen LogP contribution is 2.17. The van der Waals surface area contributed by atoms with E-state index in [1.807, 2.05) is 44.2 Å². The number of carbonyl (C=O) groups is 1. The Kier molecular flexibility index (Phi) is 4.71. The van der Waals surface area contributed by atoms with Crippen molar-refractivity contribution in [2.75, 3.05) is 11.9 Å². The van der Waals surface area contributed by atoms with Crippen LogP contribution in [0, 0.1) is 6.92 Å². The van der Waals surface area contributed by atoms with Crippen LogP contribution in [0.2, 0.25) is 0 Å². The smallest absolute Gasteiger partial charge is 0.253 e. The van der Waals surface area contributed by atoms with Gasteiger partial charge in [0.05, 0.1) is 5.56 Å². The zero-order chi connectivity index (χ0) is 14.4. The molecule has 0 saturated heterocycles. The molecule has 104 valence electrons. The highest BCUT2D eigenvalue weighted by Gasteiger charge is 2.10. The molecule has 1 aromatic carbocycles. The van der Waals surface area contributed by atoms with Crippen LogP contribution in [0.4, 0.5) is 5.69 Å². The van der Waals surface area contributed by atoms with E-state index in [4.69, 9.17) is 0 Å². The van der Waals surface area contributed by atoms with Gasteiger partial charge in [0.15, 0.2) is 0 Å². The normalized spacial score (nSPS) is 10.1. The second-order valence-corrected chi connectivity index (χ2v) is 4.62. The standard InChI is InChI=1S/C16H19N3O/c1-3-18-15-9-12(2)6-7-14(15)16(20)19-11-13-5-4-8-17-10-13/h4-10,18H,3,11H2,1-2H3,(H,19,20). The van der Waals surface area contributed by atoms with E-state index in [2.05, 4.69) is 15.6 Å². The van der Waals surface area contributed by atoms with Crippen LogP contribution in [0.1, 0.15) is 28.4 Å². The van der Waals surface area contributed by atoms with Crippen molar-refractivity contribution in [1.29, 1.82) is 0 Å². The van der Waals surface area contributed by atoms with E-state index in [9.17, 15) is 4.79 Å². The van der Waals surface area contributed by atoms with Crippen molar-refractivity contribution in [1.82, 2.24) is 10.3 Å². The fraction of sp³-hybridized carbons (Fsp3) is 0.250. The number of benzene rings is 1. The average Bonchev–Trinajstić information content (AvgIpc) is 2.46. The van der Waals surface area contributed by atoms with Crippen LogP contribution in [-0.4, -0.2) is 17.4 Å². The molecule has 1 aromatic heterocycles. The van der Waals surface area contributed by atoms with Gasteiger partial charge in [-0.3, -0.25) is 9.78 Å². The Morgan fingerprint density at radius 3 is 2.85 bits per heavy atom. The van der Waals surface area contributed by atoms with Gasteiger partial charge < -0.3 is 10.6 Å². The van der Waals surface area contributed by atoms with E-state index in [-0.39, 0.29) is 5.91 Å². The molecule has 20 heavy (non-hydrogen) atoms. The molecule has 0 aliphatic carbocycles. The number of carbonyl (C=O) groups excluding carboxylic acids is 1. The molecule has 0 saturated carbocycles. The van der Waals surface area contributed by atoms with Crippen molar-refractivity contribution < 1.29 is 4.79 Å². The zero-order valence-electron chi connectivity index (χ0n) is 11.8. The number of anilines is 1. The third-order valence-electron chi connectivity index (χ3n) is 2.96. The van der Waals surface area contributed by atoms with Crippen LogP contribution >= 0.6 is 0 Å². The largest absolute Gasteiger partial charge is 0.385 e. The number of aryl methyl sites for hydroxylation is 1. The summed E-state index contributed by atoms with van der Waals surface area (Å²) in [5, 5.41) is 6.14. The first-order chi connectivity index (χ1) is 9.70. The third kappa shape index (κ3) is 3.57. The molecule has 0 bridgehead atoms. The maximum atomic E-state index is 12.3. The Morgan fingerprint density at radius 1 is 1.30 bits per heavy atom. The quantitative estimate of drug-likeness (QED) is 0.877. The van der Waals surface area contributed by atoms with E-state index in [0.717, 1.165) is 23.4 Å². The number of rotatable bonds is 5. The van der Waals surface area contributed by atoms with Crippen LogP contribution in [0.5, 0.6) is 0 Å². The summed E-state index contributed by atoms with van der Waals surface area (Å²) in [6, 6.07) is 9.58. The minimum Gasteiger partial charge on any atom is -0.385 e. The van der Waals surface area contributed by atoms with Crippen LogP contribution < -0.4 is 10.6 Å². The fourth-order valence-corrected chi connectivity index (χ4v) is 1.97. The molecule has 0 aliphatic rings. The summed E-state index contributed by atoms with van der Waals surface area (Å²) in [5.41, 5.74) is 3.65. The van der Waals surface area contributed by atoms with Crippen molar-refractivity contribution in [3.8, 4) is 0 Å². The number of amides is 1. The van der Waals surface area contributed by atoms with Gasteiger partial charge in [0.25, 0.3) is 5.91 Å². The Bertz CT molecular complexity index is 582. The predicted molar refractivity (Wildman–Crippen MR) is 80.7 cm³/mol. The number of nitrogens with zero attached hydrogens (tertiary/aromatic N) is 1. The lowest BCUT2D eigenvalue weighted by atomic mass is 10.1. The number of nitrogens with one attached hydrogen (secondary N) is 2. The second-order valence-electron chi connectivity index (χ2n) is 4.62. The molecule has 1 heterocycles. The second kappa shape index (κ2) is 6.70. The molecular formula is C16H19N3O. The first-order valence-electron chi connectivity index (χ1n) is 6.72. The van der Waals surface area contributed by atoms with Crippen molar-refractivity contribution in [2.24, 2.45) is 0 Å². The molecule has 0 spiro atoms. The summed E-state index contributed by atoms with van der Waals surface area (Å²) in [5.74, 6) is -0.0789. The monoisotopic (exact) mass is 269 g/mol. The lowest BCUT2D eigenvalue weighted by Gasteiger charge is -2.12. The number of aromatic nitrogens is 1. The number of pyridine rings is 1. The molecular weight excluding hydrogens is 250 g/mol. The van der Waals surface area contributed by atoms with E-state index < -0.39 is 0 Å². The SMILES string of the molecule is CCNc1cc(C)ccc1C(=O)NCc1cccnc1. The van der Waals surface area contributed by atoms with Crippen LogP contribution in [0.15, 0.2) is 42.7 Å². The molecule has 2 aromatic rings. The topological polar surface area (TPSA) is 54.0 Å². The van der Waals surface area contributed by atoms with Gasteiger partial charge in [-0.2, -0.15) is 0 Å². The first-order valence-corrected chi connectivity index (χ1v) is 6.72. The van der Waals surface area contributed by atoms with Gasteiger partial charge >= 0.3 is 0 Å². The maximum absolute atomic E-state index is 12.3. The zero-order valence-corrected chi connectivity index (χ0v) is 11.8.